The SMILES string of the molecule is CCCCCCCCCCC[C@H]1[NH+]=C(N)N[C@@]2(CCCO2)[C@H]1CO. The standard InChI is InChI=1S/C19H37N3O2/c1-2-3-4-5-6-7-8-9-10-12-17-16(15-23)19(13-11-14-24-19)22-18(20)21-17/h16-17,23H,2-15H2,1H3,(H3,20,21,22)/p+1/t16-,17+,19+/m0/s1. The summed E-state index contributed by atoms with van der Waals surface area (Å²) < 4.78 is 5.97. The maximum Gasteiger partial charge on any atom is 0.343 e. The molecule has 2 heterocycles. The topological polar surface area (TPSA) is 81.5 Å². The molecule has 2 aliphatic rings. The van der Waals surface area contributed by atoms with Crippen LogP contribution in [0.25, 0.3) is 0 Å². The van der Waals surface area contributed by atoms with E-state index in [1.165, 1.54) is 57.8 Å². The van der Waals surface area contributed by atoms with Gasteiger partial charge in [0, 0.05) is 6.42 Å². The minimum absolute atomic E-state index is 0.0707. The van der Waals surface area contributed by atoms with Crippen LogP contribution in [0.15, 0.2) is 0 Å². The Morgan fingerprint density at radius 1 is 1.17 bits per heavy atom. The third kappa shape index (κ3) is 5.35. The number of hydrogen-bond acceptors (Lipinski definition) is 4. The van der Waals surface area contributed by atoms with Gasteiger partial charge in [-0.25, -0.2) is 5.32 Å². The summed E-state index contributed by atoms with van der Waals surface area (Å²) in [6, 6.07) is 0.207. The molecule has 1 saturated heterocycles. The van der Waals surface area contributed by atoms with Crippen LogP contribution in [0.5, 0.6) is 0 Å². The summed E-state index contributed by atoms with van der Waals surface area (Å²) in [5.41, 5.74) is 5.59. The monoisotopic (exact) mass is 340 g/mol. The smallest absolute Gasteiger partial charge is 0.343 e. The number of aliphatic hydroxyl groups is 1. The lowest BCUT2D eigenvalue weighted by Gasteiger charge is -2.39. The molecular weight excluding hydrogens is 302 g/mol. The van der Waals surface area contributed by atoms with Crippen molar-refractivity contribution in [3.05, 3.63) is 0 Å². The molecule has 0 aliphatic carbocycles. The average Bonchev–Trinajstić information content (AvgIpc) is 3.01. The normalized spacial score (nSPS) is 29.7. The molecule has 5 heteroatoms. The van der Waals surface area contributed by atoms with Gasteiger partial charge in [0.1, 0.15) is 0 Å². The van der Waals surface area contributed by atoms with Crippen LogP contribution in [-0.4, -0.2) is 36.0 Å². The number of nitrogens with two attached hydrogens (primary N) is 1. The molecule has 0 aromatic carbocycles. The van der Waals surface area contributed by atoms with Crippen molar-refractivity contribution >= 4 is 5.96 Å². The van der Waals surface area contributed by atoms with Crippen LogP contribution < -0.4 is 16.0 Å². The molecule has 0 unspecified atom stereocenters. The number of rotatable bonds is 11. The number of ether oxygens (including phenoxy) is 1. The van der Waals surface area contributed by atoms with Gasteiger partial charge in [-0.1, -0.05) is 58.3 Å². The molecule has 5 N–H and O–H groups in total. The molecule has 0 radical (unpaired) electrons. The lowest BCUT2D eigenvalue weighted by atomic mass is 9.83. The highest BCUT2D eigenvalue weighted by atomic mass is 16.5. The first kappa shape index (κ1) is 19.5. The largest absolute Gasteiger partial charge is 0.396 e. The molecule has 0 aromatic heterocycles. The third-order valence-electron chi connectivity index (χ3n) is 5.64. The van der Waals surface area contributed by atoms with Crippen LogP contribution in [0, 0.1) is 5.92 Å². The Balaban J connectivity index is 1.68. The van der Waals surface area contributed by atoms with Crippen LogP contribution in [0.2, 0.25) is 0 Å². The van der Waals surface area contributed by atoms with Gasteiger partial charge in [0.25, 0.3) is 0 Å². The zero-order chi connectivity index (χ0) is 17.3. The first-order valence-electron chi connectivity index (χ1n) is 10.1. The van der Waals surface area contributed by atoms with E-state index < -0.39 is 5.72 Å². The van der Waals surface area contributed by atoms with E-state index in [1.54, 1.807) is 0 Å². The van der Waals surface area contributed by atoms with Gasteiger partial charge in [-0.2, -0.15) is 0 Å². The summed E-state index contributed by atoms with van der Waals surface area (Å²) in [4.78, 5) is 3.34. The maximum absolute atomic E-state index is 9.91. The number of guanidine groups is 1. The quantitative estimate of drug-likeness (QED) is 0.429. The van der Waals surface area contributed by atoms with E-state index in [9.17, 15) is 5.11 Å². The fourth-order valence-electron chi connectivity index (χ4n) is 4.26. The van der Waals surface area contributed by atoms with Crippen molar-refractivity contribution in [2.45, 2.75) is 95.7 Å². The van der Waals surface area contributed by atoms with Crippen molar-refractivity contribution in [1.29, 1.82) is 0 Å². The van der Waals surface area contributed by atoms with Crippen molar-refractivity contribution in [2.24, 2.45) is 11.7 Å². The van der Waals surface area contributed by atoms with Crippen LogP contribution >= 0.6 is 0 Å². The molecule has 2 rings (SSSR count). The summed E-state index contributed by atoms with van der Waals surface area (Å²) in [6.45, 7) is 3.15. The molecule has 0 aromatic rings. The Hall–Kier alpha value is -0.810. The van der Waals surface area contributed by atoms with E-state index in [2.05, 4.69) is 17.2 Å². The lowest BCUT2D eigenvalue weighted by molar-refractivity contribution is -0.535. The second kappa shape index (κ2) is 10.2. The second-order valence-electron chi connectivity index (χ2n) is 7.54. The van der Waals surface area contributed by atoms with Gasteiger partial charge in [0.15, 0.2) is 5.72 Å². The minimum Gasteiger partial charge on any atom is -0.396 e. The van der Waals surface area contributed by atoms with Crippen LogP contribution in [0.3, 0.4) is 0 Å². The van der Waals surface area contributed by atoms with E-state index in [0.29, 0.717) is 5.96 Å². The van der Waals surface area contributed by atoms with E-state index in [-0.39, 0.29) is 18.6 Å². The highest BCUT2D eigenvalue weighted by molar-refractivity contribution is 5.73. The predicted molar refractivity (Wildman–Crippen MR) is 97.4 cm³/mol. The van der Waals surface area contributed by atoms with Gasteiger partial charge in [-0.05, 0) is 19.3 Å². The first-order valence-corrected chi connectivity index (χ1v) is 10.1. The molecule has 140 valence electrons. The zero-order valence-electron chi connectivity index (χ0n) is 15.5. The maximum atomic E-state index is 9.91. The number of nitrogens with one attached hydrogen (secondary N) is 2. The minimum atomic E-state index is -0.450. The summed E-state index contributed by atoms with van der Waals surface area (Å²) in [6.07, 6.45) is 15.0. The molecule has 0 saturated carbocycles. The number of hydrogen-bond donors (Lipinski definition) is 4. The Morgan fingerprint density at radius 3 is 2.42 bits per heavy atom. The Labute approximate surface area is 147 Å². The summed E-state index contributed by atoms with van der Waals surface area (Å²) in [5, 5.41) is 13.2. The fourth-order valence-corrected chi connectivity index (χ4v) is 4.26. The van der Waals surface area contributed by atoms with Crippen molar-refractivity contribution in [1.82, 2.24) is 5.32 Å². The molecule has 0 bridgehead atoms. The van der Waals surface area contributed by atoms with E-state index in [0.717, 1.165) is 25.9 Å². The van der Waals surface area contributed by atoms with Crippen LogP contribution in [0.1, 0.15) is 84.0 Å². The van der Waals surface area contributed by atoms with Gasteiger partial charge in [-0.15, -0.1) is 0 Å². The summed E-state index contributed by atoms with van der Waals surface area (Å²) >= 11 is 0. The molecule has 24 heavy (non-hydrogen) atoms. The van der Waals surface area contributed by atoms with Crippen molar-refractivity contribution < 1.29 is 14.8 Å². The van der Waals surface area contributed by atoms with Gasteiger partial charge < -0.3 is 9.84 Å². The van der Waals surface area contributed by atoms with Gasteiger partial charge >= 0.3 is 5.96 Å². The summed E-state index contributed by atoms with van der Waals surface area (Å²) in [5.74, 6) is 0.670. The van der Waals surface area contributed by atoms with Crippen molar-refractivity contribution in [3.63, 3.8) is 0 Å². The average molecular weight is 341 g/mol. The fraction of sp³-hybridized carbons (Fsp3) is 0.947. The van der Waals surface area contributed by atoms with Crippen LogP contribution in [-0.2, 0) is 4.74 Å². The number of aliphatic hydroxyl groups excluding tert-OH is 1. The van der Waals surface area contributed by atoms with Crippen molar-refractivity contribution in [3.8, 4) is 0 Å². The van der Waals surface area contributed by atoms with E-state index in [1.807, 2.05) is 0 Å². The van der Waals surface area contributed by atoms with E-state index in [4.69, 9.17) is 10.5 Å². The molecule has 0 amide bonds. The van der Waals surface area contributed by atoms with Crippen molar-refractivity contribution in [2.75, 3.05) is 13.2 Å². The third-order valence-corrected chi connectivity index (χ3v) is 5.64. The Morgan fingerprint density at radius 2 is 1.83 bits per heavy atom. The Kier molecular flexibility index (Phi) is 8.33. The Bertz CT molecular complexity index is 381. The highest BCUT2D eigenvalue weighted by Crippen LogP contribution is 2.33. The van der Waals surface area contributed by atoms with E-state index >= 15 is 0 Å². The predicted octanol–water partition coefficient (Wildman–Crippen LogP) is 1.39. The highest BCUT2D eigenvalue weighted by Gasteiger charge is 2.52. The molecule has 2 aliphatic heterocycles. The second-order valence-corrected chi connectivity index (χ2v) is 7.54. The van der Waals surface area contributed by atoms with Gasteiger partial charge in [-0.3, -0.25) is 10.7 Å². The van der Waals surface area contributed by atoms with Crippen LogP contribution in [0.4, 0.5) is 0 Å². The molecule has 1 fully saturated rings. The molecule has 3 atom stereocenters. The molecular formula is C19H38N3O2+. The molecule has 5 nitrogen and oxygen atoms in total. The lowest BCUT2D eigenvalue weighted by Crippen LogP contribution is -2.93. The van der Waals surface area contributed by atoms with Gasteiger partial charge in [0.2, 0.25) is 0 Å². The first-order chi connectivity index (χ1) is 11.7. The number of unbranched alkanes of at least 4 members (excludes halogenated alkanes) is 8. The molecule has 1 spiro atoms. The summed E-state index contributed by atoms with van der Waals surface area (Å²) in [7, 11) is 0. The van der Waals surface area contributed by atoms with Gasteiger partial charge in [0.05, 0.1) is 25.2 Å². The zero-order valence-corrected chi connectivity index (χ0v) is 15.5.